The summed E-state index contributed by atoms with van der Waals surface area (Å²) in [5, 5.41) is 19.1. The minimum atomic E-state index is 0.298. The smallest absolute Gasteiger partial charge is 0.186 e. The molecule has 0 heterocycles. The fraction of sp³-hybridized carbons (Fsp3) is 0.136. The number of hydrazone groups is 1. The molecule has 5 nitrogen and oxygen atoms in total. The van der Waals surface area contributed by atoms with Gasteiger partial charge in [0.1, 0.15) is 12.4 Å². The molecule has 0 aromatic heterocycles. The van der Waals surface area contributed by atoms with Crippen LogP contribution in [0.5, 0.6) is 5.75 Å². The highest BCUT2D eigenvalue weighted by atomic mass is 32.1. The predicted molar refractivity (Wildman–Crippen MR) is 116 cm³/mol. The van der Waals surface area contributed by atoms with Crippen molar-refractivity contribution >= 4 is 34.3 Å². The zero-order chi connectivity index (χ0) is 19.8. The third-order valence-electron chi connectivity index (χ3n) is 4.15. The first-order valence-corrected chi connectivity index (χ1v) is 9.33. The molecule has 140 valence electrons. The Balaban J connectivity index is 1.90. The fourth-order valence-corrected chi connectivity index (χ4v) is 3.00. The van der Waals surface area contributed by atoms with Gasteiger partial charge < -0.3 is 10.1 Å². The maximum absolute atomic E-state index is 9.27. The van der Waals surface area contributed by atoms with E-state index in [-0.39, 0.29) is 0 Å². The summed E-state index contributed by atoms with van der Waals surface area (Å²) in [7, 11) is 0. The second kappa shape index (κ2) is 9.49. The van der Waals surface area contributed by atoms with Crippen molar-refractivity contribution in [2.75, 3.05) is 6.54 Å². The van der Waals surface area contributed by atoms with E-state index in [1.54, 1.807) is 12.3 Å². The molecule has 0 radical (unpaired) electrons. The van der Waals surface area contributed by atoms with Gasteiger partial charge in [0.25, 0.3) is 0 Å². The summed E-state index contributed by atoms with van der Waals surface area (Å²) in [6, 6.07) is 21.6. The van der Waals surface area contributed by atoms with Crippen LogP contribution in [0.25, 0.3) is 10.8 Å². The van der Waals surface area contributed by atoms with Gasteiger partial charge in [0.15, 0.2) is 5.11 Å². The van der Waals surface area contributed by atoms with Crippen molar-refractivity contribution in [2.45, 2.75) is 13.5 Å². The van der Waals surface area contributed by atoms with Crippen molar-refractivity contribution in [1.82, 2.24) is 10.7 Å². The second-order valence-corrected chi connectivity index (χ2v) is 6.39. The van der Waals surface area contributed by atoms with Gasteiger partial charge in [0.05, 0.1) is 17.8 Å². The number of thiocarbonyl (C=S) groups is 1. The van der Waals surface area contributed by atoms with Gasteiger partial charge in [-0.15, -0.1) is 0 Å². The molecular weight excluding hydrogens is 368 g/mol. The molecule has 0 spiro atoms. The van der Waals surface area contributed by atoms with E-state index in [9.17, 15) is 5.26 Å². The second-order valence-electron chi connectivity index (χ2n) is 5.99. The zero-order valence-corrected chi connectivity index (χ0v) is 16.3. The van der Waals surface area contributed by atoms with Crippen LogP contribution in [-0.2, 0) is 6.61 Å². The Kier molecular flexibility index (Phi) is 6.55. The number of ether oxygens (including phenoxy) is 1. The summed E-state index contributed by atoms with van der Waals surface area (Å²) >= 11 is 5.14. The Hall–Kier alpha value is -3.43. The maximum Gasteiger partial charge on any atom is 0.186 e. The van der Waals surface area contributed by atoms with Crippen LogP contribution in [0.2, 0.25) is 0 Å². The molecule has 28 heavy (non-hydrogen) atoms. The van der Waals surface area contributed by atoms with E-state index in [1.165, 1.54) is 0 Å². The molecule has 0 saturated carbocycles. The van der Waals surface area contributed by atoms with Crippen molar-refractivity contribution in [2.24, 2.45) is 5.10 Å². The zero-order valence-electron chi connectivity index (χ0n) is 15.5. The molecule has 6 heteroatoms. The highest BCUT2D eigenvalue weighted by molar-refractivity contribution is 7.80. The van der Waals surface area contributed by atoms with Crippen molar-refractivity contribution in [3.05, 3.63) is 77.4 Å². The standard InChI is InChI=1S/C22H20N4OS/c1-2-24-22(28)26-25-14-20-19-10-6-5-7-16(19)11-12-21(20)27-15-18-9-4-3-8-17(18)13-23/h3-12,14H,2,15H2,1H3,(H2,24,26,28). The normalized spacial score (nSPS) is 10.6. The SMILES string of the molecule is CCNC(=S)NN=Cc1c(OCc2ccccc2C#N)ccc2ccccc12. The number of fused-ring (bicyclic) bond motifs is 1. The molecule has 2 N–H and O–H groups in total. The third kappa shape index (κ3) is 4.64. The molecule has 0 fully saturated rings. The van der Waals surface area contributed by atoms with Gasteiger partial charge in [0.2, 0.25) is 0 Å². The molecule has 3 aromatic carbocycles. The number of benzene rings is 3. The molecule has 0 aliphatic heterocycles. The van der Waals surface area contributed by atoms with Crippen LogP contribution in [-0.4, -0.2) is 17.9 Å². The Bertz CT molecular complexity index is 1060. The lowest BCUT2D eigenvalue weighted by atomic mass is 10.0. The van der Waals surface area contributed by atoms with Crippen molar-refractivity contribution in [1.29, 1.82) is 5.26 Å². The highest BCUT2D eigenvalue weighted by Gasteiger charge is 2.09. The predicted octanol–water partition coefficient (Wildman–Crippen LogP) is 4.11. The van der Waals surface area contributed by atoms with Crippen LogP contribution in [0.4, 0.5) is 0 Å². The molecule has 0 unspecified atom stereocenters. The summed E-state index contributed by atoms with van der Waals surface area (Å²) in [4.78, 5) is 0. The van der Waals surface area contributed by atoms with Crippen LogP contribution >= 0.6 is 12.2 Å². The highest BCUT2D eigenvalue weighted by Crippen LogP contribution is 2.27. The van der Waals surface area contributed by atoms with Crippen LogP contribution in [0, 0.1) is 11.3 Å². The van der Waals surface area contributed by atoms with Crippen LogP contribution in [0.1, 0.15) is 23.6 Å². The fourth-order valence-electron chi connectivity index (χ4n) is 2.80. The average molecular weight is 388 g/mol. The summed E-state index contributed by atoms with van der Waals surface area (Å²) in [5.41, 5.74) is 5.10. The monoisotopic (exact) mass is 388 g/mol. The maximum atomic E-state index is 9.27. The summed E-state index contributed by atoms with van der Waals surface area (Å²) in [5.74, 6) is 0.686. The Morgan fingerprint density at radius 2 is 1.93 bits per heavy atom. The van der Waals surface area contributed by atoms with Gasteiger partial charge in [-0.2, -0.15) is 10.4 Å². The molecule has 0 aliphatic carbocycles. The molecule has 3 aromatic rings. The lowest BCUT2D eigenvalue weighted by Gasteiger charge is -2.12. The Morgan fingerprint density at radius 1 is 1.14 bits per heavy atom. The molecule has 3 rings (SSSR count). The molecular formula is C22H20N4OS. The van der Waals surface area contributed by atoms with Crippen LogP contribution < -0.4 is 15.5 Å². The Morgan fingerprint density at radius 3 is 2.75 bits per heavy atom. The molecule has 0 amide bonds. The number of rotatable bonds is 6. The van der Waals surface area contributed by atoms with Gasteiger partial charge in [-0.25, -0.2) is 0 Å². The molecule has 0 saturated heterocycles. The van der Waals surface area contributed by atoms with E-state index in [0.717, 1.165) is 28.4 Å². The van der Waals surface area contributed by atoms with E-state index < -0.39 is 0 Å². The Labute approximate surface area is 169 Å². The van der Waals surface area contributed by atoms with Gasteiger partial charge in [-0.1, -0.05) is 48.5 Å². The minimum Gasteiger partial charge on any atom is -0.488 e. The quantitative estimate of drug-likeness (QED) is 0.378. The van der Waals surface area contributed by atoms with E-state index >= 15 is 0 Å². The van der Waals surface area contributed by atoms with E-state index in [1.807, 2.05) is 61.5 Å². The van der Waals surface area contributed by atoms with Crippen molar-refractivity contribution in [3.63, 3.8) is 0 Å². The molecule has 0 bridgehead atoms. The first-order chi connectivity index (χ1) is 13.7. The van der Waals surface area contributed by atoms with Crippen molar-refractivity contribution in [3.8, 4) is 11.8 Å². The first-order valence-electron chi connectivity index (χ1n) is 8.92. The van der Waals surface area contributed by atoms with E-state index in [4.69, 9.17) is 17.0 Å². The topological polar surface area (TPSA) is 69.4 Å². The number of hydrogen-bond acceptors (Lipinski definition) is 4. The third-order valence-corrected chi connectivity index (χ3v) is 4.38. The average Bonchev–Trinajstić information content (AvgIpc) is 2.73. The number of nitrogens with one attached hydrogen (secondary N) is 2. The van der Waals surface area contributed by atoms with E-state index in [0.29, 0.717) is 23.0 Å². The van der Waals surface area contributed by atoms with Gasteiger partial charge in [-0.05, 0) is 42.0 Å². The van der Waals surface area contributed by atoms with Gasteiger partial charge >= 0.3 is 0 Å². The number of nitriles is 1. The van der Waals surface area contributed by atoms with Crippen LogP contribution in [0.3, 0.4) is 0 Å². The van der Waals surface area contributed by atoms with Crippen molar-refractivity contribution < 1.29 is 4.74 Å². The lowest BCUT2D eigenvalue weighted by Crippen LogP contribution is -2.31. The van der Waals surface area contributed by atoms with Gasteiger partial charge in [-0.3, -0.25) is 5.43 Å². The van der Waals surface area contributed by atoms with Crippen LogP contribution in [0.15, 0.2) is 65.8 Å². The van der Waals surface area contributed by atoms with E-state index in [2.05, 4.69) is 21.9 Å². The first kappa shape index (κ1) is 19.3. The summed E-state index contributed by atoms with van der Waals surface area (Å²) in [6.45, 7) is 2.99. The summed E-state index contributed by atoms with van der Waals surface area (Å²) in [6.07, 6.45) is 1.71. The summed E-state index contributed by atoms with van der Waals surface area (Å²) < 4.78 is 6.06. The van der Waals surface area contributed by atoms with Gasteiger partial charge in [0, 0.05) is 17.7 Å². The lowest BCUT2D eigenvalue weighted by molar-refractivity contribution is 0.306. The largest absolute Gasteiger partial charge is 0.488 e. The number of nitrogens with zero attached hydrogens (tertiary/aromatic N) is 2. The number of hydrogen-bond donors (Lipinski definition) is 2. The minimum absolute atomic E-state index is 0.298. The molecule has 0 atom stereocenters. The molecule has 0 aliphatic rings.